The third-order valence-corrected chi connectivity index (χ3v) is 2.51. The Morgan fingerprint density at radius 2 is 1.88 bits per heavy atom. The van der Waals surface area contributed by atoms with E-state index in [1.165, 1.54) is 0 Å². The SMILES string of the molecule is CC(C)c1cc(=O)[nH]nc1-c1ccccc1. The van der Waals surface area contributed by atoms with Crippen LogP contribution in [-0.2, 0) is 0 Å². The Bertz CT molecular complexity index is 529. The lowest BCUT2D eigenvalue weighted by Gasteiger charge is -2.10. The molecular weight excluding hydrogens is 200 g/mol. The van der Waals surface area contributed by atoms with Crippen molar-refractivity contribution in [1.29, 1.82) is 0 Å². The third-order valence-electron chi connectivity index (χ3n) is 2.51. The molecular formula is C13H14N2O. The van der Waals surface area contributed by atoms with E-state index in [1.54, 1.807) is 6.07 Å². The average Bonchev–Trinajstić information content (AvgIpc) is 2.30. The van der Waals surface area contributed by atoms with E-state index < -0.39 is 0 Å². The first-order chi connectivity index (χ1) is 7.68. The maximum Gasteiger partial charge on any atom is 0.264 e. The van der Waals surface area contributed by atoms with Crippen LogP contribution in [0.2, 0.25) is 0 Å². The summed E-state index contributed by atoms with van der Waals surface area (Å²) < 4.78 is 0. The maximum absolute atomic E-state index is 11.3. The Morgan fingerprint density at radius 1 is 1.19 bits per heavy atom. The summed E-state index contributed by atoms with van der Waals surface area (Å²) in [5.74, 6) is 0.282. The normalized spacial score (nSPS) is 10.7. The Morgan fingerprint density at radius 3 is 2.50 bits per heavy atom. The van der Waals surface area contributed by atoms with E-state index >= 15 is 0 Å². The van der Waals surface area contributed by atoms with Crippen LogP contribution in [0.1, 0.15) is 25.3 Å². The molecule has 0 saturated heterocycles. The zero-order valence-corrected chi connectivity index (χ0v) is 9.40. The number of nitrogens with one attached hydrogen (secondary N) is 1. The minimum absolute atomic E-state index is 0.150. The summed E-state index contributed by atoms with van der Waals surface area (Å²) in [5, 5.41) is 6.62. The Kier molecular flexibility index (Phi) is 2.86. The van der Waals surface area contributed by atoms with Gasteiger partial charge >= 0.3 is 0 Å². The first-order valence-electron chi connectivity index (χ1n) is 5.33. The molecule has 3 heteroatoms. The largest absolute Gasteiger partial charge is 0.268 e. The number of aromatic amines is 1. The Balaban J connectivity index is 2.61. The number of hydrogen-bond acceptors (Lipinski definition) is 2. The number of aromatic nitrogens is 2. The van der Waals surface area contributed by atoms with Crippen molar-refractivity contribution in [2.75, 3.05) is 0 Å². The molecule has 0 aliphatic heterocycles. The second-order valence-corrected chi connectivity index (χ2v) is 4.06. The van der Waals surface area contributed by atoms with Crippen LogP contribution in [0, 0.1) is 0 Å². The molecule has 16 heavy (non-hydrogen) atoms. The van der Waals surface area contributed by atoms with Crippen molar-refractivity contribution in [3.8, 4) is 11.3 Å². The van der Waals surface area contributed by atoms with E-state index in [-0.39, 0.29) is 11.5 Å². The first-order valence-corrected chi connectivity index (χ1v) is 5.33. The molecule has 1 heterocycles. The van der Waals surface area contributed by atoms with Gasteiger partial charge in [0, 0.05) is 11.6 Å². The van der Waals surface area contributed by atoms with Crippen LogP contribution >= 0.6 is 0 Å². The lowest BCUT2D eigenvalue weighted by atomic mass is 9.98. The van der Waals surface area contributed by atoms with Crippen molar-refractivity contribution in [1.82, 2.24) is 10.2 Å². The Labute approximate surface area is 94.2 Å². The monoisotopic (exact) mass is 214 g/mol. The van der Waals surface area contributed by atoms with Crippen LogP contribution in [0.3, 0.4) is 0 Å². The fraction of sp³-hybridized carbons (Fsp3) is 0.231. The molecule has 3 nitrogen and oxygen atoms in total. The number of rotatable bonds is 2. The highest BCUT2D eigenvalue weighted by Gasteiger charge is 2.10. The molecule has 0 aliphatic carbocycles. The van der Waals surface area contributed by atoms with Gasteiger partial charge in [-0.05, 0) is 11.5 Å². The third kappa shape index (κ3) is 2.03. The highest BCUT2D eigenvalue weighted by atomic mass is 16.1. The number of nitrogens with zero attached hydrogens (tertiary/aromatic N) is 1. The Hall–Kier alpha value is -1.90. The molecule has 0 amide bonds. The summed E-state index contributed by atoms with van der Waals surface area (Å²) in [4.78, 5) is 11.3. The number of hydrogen-bond donors (Lipinski definition) is 1. The van der Waals surface area contributed by atoms with Crippen molar-refractivity contribution in [3.05, 3.63) is 52.3 Å². The van der Waals surface area contributed by atoms with Crippen molar-refractivity contribution >= 4 is 0 Å². The zero-order valence-electron chi connectivity index (χ0n) is 9.40. The summed E-state index contributed by atoms with van der Waals surface area (Å²) in [7, 11) is 0. The van der Waals surface area contributed by atoms with E-state index in [0.29, 0.717) is 0 Å². The molecule has 0 aliphatic rings. The van der Waals surface area contributed by atoms with Crippen molar-refractivity contribution < 1.29 is 0 Å². The van der Waals surface area contributed by atoms with Gasteiger partial charge in [-0.2, -0.15) is 5.10 Å². The molecule has 0 atom stereocenters. The van der Waals surface area contributed by atoms with Crippen molar-refractivity contribution in [3.63, 3.8) is 0 Å². The van der Waals surface area contributed by atoms with E-state index in [0.717, 1.165) is 16.8 Å². The van der Waals surface area contributed by atoms with Gasteiger partial charge < -0.3 is 0 Å². The fourth-order valence-electron chi connectivity index (χ4n) is 1.68. The summed E-state index contributed by atoms with van der Waals surface area (Å²) >= 11 is 0. The molecule has 1 aromatic heterocycles. The topological polar surface area (TPSA) is 45.8 Å². The number of H-pyrrole nitrogens is 1. The van der Waals surface area contributed by atoms with Crippen LogP contribution in [0.4, 0.5) is 0 Å². The van der Waals surface area contributed by atoms with Crippen LogP contribution in [0.15, 0.2) is 41.2 Å². The average molecular weight is 214 g/mol. The van der Waals surface area contributed by atoms with Gasteiger partial charge in [0.25, 0.3) is 5.56 Å². The zero-order chi connectivity index (χ0) is 11.5. The first kappa shape index (κ1) is 10.6. The minimum atomic E-state index is -0.150. The predicted octanol–water partition coefficient (Wildman–Crippen LogP) is 2.56. The summed E-state index contributed by atoms with van der Waals surface area (Å²) in [6, 6.07) is 11.5. The minimum Gasteiger partial charge on any atom is -0.268 e. The van der Waals surface area contributed by atoms with Gasteiger partial charge in [0.05, 0.1) is 5.69 Å². The highest BCUT2D eigenvalue weighted by molar-refractivity contribution is 5.62. The molecule has 0 unspecified atom stereocenters. The highest BCUT2D eigenvalue weighted by Crippen LogP contribution is 2.24. The molecule has 1 N–H and O–H groups in total. The second-order valence-electron chi connectivity index (χ2n) is 4.06. The maximum atomic E-state index is 11.3. The molecule has 0 saturated carbocycles. The molecule has 82 valence electrons. The van der Waals surface area contributed by atoms with E-state index in [1.807, 2.05) is 30.3 Å². The van der Waals surface area contributed by atoms with E-state index in [2.05, 4.69) is 24.0 Å². The molecule has 1 aromatic carbocycles. The van der Waals surface area contributed by atoms with Crippen LogP contribution in [-0.4, -0.2) is 10.2 Å². The molecule has 0 spiro atoms. The van der Waals surface area contributed by atoms with Gasteiger partial charge in [-0.15, -0.1) is 0 Å². The molecule has 0 bridgehead atoms. The van der Waals surface area contributed by atoms with Crippen molar-refractivity contribution in [2.24, 2.45) is 0 Å². The van der Waals surface area contributed by atoms with Crippen LogP contribution in [0.5, 0.6) is 0 Å². The lowest BCUT2D eigenvalue weighted by molar-refractivity contribution is 0.837. The van der Waals surface area contributed by atoms with Gasteiger partial charge in [0.1, 0.15) is 0 Å². The van der Waals surface area contributed by atoms with Gasteiger partial charge in [-0.1, -0.05) is 44.2 Å². The molecule has 0 fully saturated rings. The standard InChI is InChI=1S/C13H14N2O/c1-9(2)11-8-12(16)14-15-13(11)10-6-4-3-5-7-10/h3-9H,1-2H3,(H,14,16). The summed E-state index contributed by atoms with van der Waals surface area (Å²) in [6.07, 6.45) is 0. The summed E-state index contributed by atoms with van der Waals surface area (Å²) in [5.41, 5.74) is 2.72. The molecule has 2 aromatic rings. The second kappa shape index (κ2) is 4.31. The van der Waals surface area contributed by atoms with Gasteiger partial charge in [0.2, 0.25) is 0 Å². The van der Waals surface area contributed by atoms with E-state index in [4.69, 9.17) is 0 Å². The molecule has 2 rings (SSSR count). The summed E-state index contributed by atoms with van der Waals surface area (Å²) in [6.45, 7) is 4.12. The van der Waals surface area contributed by atoms with Gasteiger partial charge in [-0.3, -0.25) is 4.79 Å². The van der Waals surface area contributed by atoms with Crippen LogP contribution in [0.25, 0.3) is 11.3 Å². The quantitative estimate of drug-likeness (QED) is 0.835. The van der Waals surface area contributed by atoms with Crippen molar-refractivity contribution in [2.45, 2.75) is 19.8 Å². The van der Waals surface area contributed by atoms with Gasteiger partial charge in [0.15, 0.2) is 0 Å². The lowest BCUT2D eigenvalue weighted by Crippen LogP contribution is -2.11. The molecule has 0 radical (unpaired) electrons. The van der Waals surface area contributed by atoms with Crippen LogP contribution < -0.4 is 5.56 Å². The van der Waals surface area contributed by atoms with Gasteiger partial charge in [-0.25, -0.2) is 5.10 Å². The number of benzene rings is 1. The smallest absolute Gasteiger partial charge is 0.264 e. The predicted molar refractivity (Wildman–Crippen MR) is 64.4 cm³/mol. The fourth-order valence-corrected chi connectivity index (χ4v) is 1.68. The van der Waals surface area contributed by atoms with E-state index in [9.17, 15) is 4.79 Å².